The predicted molar refractivity (Wildman–Crippen MR) is 63.0 cm³/mol. The molecule has 0 N–H and O–H groups in total. The summed E-state index contributed by atoms with van der Waals surface area (Å²) in [5, 5.41) is 0. The van der Waals surface area contributed by atoms with Gasteiger partial charge in [0.1, 0.15) is 0 Å². The zero-order valence-electron chi connectivity index (χ0n) is 9.95. The second-order valence-corrected chi connectivity index (χ2v) is 4.45. The number of carbonyl (C=O) groups is 1. The highest BCUT2D eigenvalue weighted by Gasteiger charge is 2.12. The van der Waals surface area contributed by atoms with E-state index in [-0.39, 0.29) is 5.91 Å². The Labute approximate surface area is 91.9 Å². The van der Waals surface area contributed by atoms with E-state index < -0.39 is 0 Å². The topological polar surface area (TPSA) is 20.3 Å². The van der Waals surface area contributed by atoms with Crippen molar-refractivity contribution >= 4 is 5.91 Å². The number of hydrogen-bond acceptors (Lipinski definition) is 1. The van der Waals surface area contributed by atoms with Gasteiger partial charge in [-0.1, -0.05) is 32.0 Å². The third-order valence-electron chi connectivity index (χ3n) is 2.28. The molecule has 82 valence electrons. The molecule has 0 fully saturated rings. The molecule has 0 atom stereocenters. The maximum absolute atomic E-state index is 11.9. The minimum atomic E-state index is 0.0891. The van der Waals surface area contributed by atoms with Crippen LogP contribution in [0, 0.1) is 5.92 Å². The number of amides is 1. The molecular formula is C13H19NO. The van der Waals surface area contributed by atoms with Gasteiger partial charge in [0.05, 0.1) is 0 Å². The number of rotatable bonds is 3. The summed E-state index contributed by atoms with van der Waals surface area (Å²) < 4.78 is 0. The Morgan fingerprint density at radius 2 is 1.87 bits per heavy atom. The minimum absolute atomic E-state index is 0.0891. The molecule has 2 heteroatoms. The van der Waals surface area contributed by atoms with E-state index in [4.69, 9.17) is 0 Å². The first kappa shape index (κ1) is 11.8. The van der Waals surface area contributed by atoms with Crippen molar-refractivity contribution in [3.8, 4) is 0 Å². The Kier molecular flexibility index (Phi) is 3.89. The first-order valence-electron chi connectivity index (χ1n) is 5.32. The van der Waals surface area contributed by atoms with Crippen molar-refractivity contribution in [1.82, 2.24) is 4.90 Å². The van der Waals surface area contributed by atoms with Gasteiger partial charge in [-0.15, -0.1) is 0 Å². The highest BCUT2D eigenvalue weighted by Crippen LogP contribution is 2.15. The number of carbonyl (C=O) groups excluding carboxylic acids is 1. The normalized spacial score (nSPS) is 10.5. The van der Waals surface area contributed by atoms with Crippen molar-refractivity contribution in [2.45, 2.75) is 20.3 Å². The van der Waals surface area contributed by atoms with Crippen molar-refractivity contribution in [2.75, 3.05) is 14.1 Å². The number of nitrogens with zero attached hydrogens (tertiary/aromatic N) is 1. The van der Waals surface area contributed by atoms with Gasteiger partial charge in [0.25, 0.3) is 5.91 Å². The molecule has 1 aromatic carbocycles. The van der Waals surface area contributed by atoms with E-state index in [2.05, 4.69) is 13.8 Å². The lowest BCUT2D eigenvalue weighted by molar-refractivity contribution is 0.0826. The average Bonchev–Trinajstić information content (AvgIpc) is 2.16. The van der Waals surface area contributed by atoms with E-state index in [9.17, 15) is 4.79 Å². The second-order valence-electron chi connectivity index (χ2n) is 4.45. The van der Waals surface area contributed by atoms with Crippen LogP contribution < -0.4 is 0 Å². The molecule has 0 aliphatic carbocycles. The SMILES string of the molecule is CC(C)Cc1ccccc1C(=O)N(C)C. The lowest BCUT2D eigenvalue weighted by atomic mass is 9.97. The first-order valence-corrected chi connectivity index (χ1v) is 5.32. The van der Waals surface area contributed by atoms with Crippen LogP contribution in [0.25, 0.3) is 0 Å². The highest BCUT2D eigenvalue weighted by molar-refractivity contribution is 5.95. The Hall–Kier alpha value is -1.31. The van der Waals surface area contributed by atoms with Gasteiger partial charge in [-0.25, -0.2) is 0 Å². The van der Waals surface area contributed by atoms with E-state index in [1.807, 2.05) is 24.3 Å². The third-order valence-corrected chi connectivity index (χ3v) is 2.28. The van der Waals surface area contributed by atoms with Gasteiger partial charge in [0, 0.05) is 19.7 Å². The first-order chi connectivity index (χ1) is 7.02. The van der Waals surface area contributed by atoms with Crippen LogP contribution in [0.4, 0.5) is 0 Å². The minimum Gasteiger partial charge on any atom is -0.345 e. The molecule has 0 radical (unpaired) electrons. The molecule has 0 unspecified atom stereocenters. The van der Waals surface area contributed by atoms with E-state index >= 15 is 0 Å². The fourth-order valence-corrected chi connectivity index (χ4v) is 1.59. The van der Waals surface area contributed by atoms with Crippen LogP contribution in [-0.4, -0.2) is 24.9 Å². The summed E-state index contributed by atoms with van der Waals surface area (Å²) >= 11 is 0. The molecule has 2 nitrogen and oxygen atoms in total. The fraction of sp³-hybridized carbons (Fsp3) is 0.462. The number of hydrogen-bond donors (Lipinski definition) is 0. The molecule has 0 aliphatic heterocycles. The van der Waals surface area contributed by atoms with Gasteiger partial charge in [-0.2, -0.15) is 0 Å². The van der Waals surface area contributed by atoms with E-state index in [0.29, 0.717) is 5.92 Å². The van der Waals surface area contributed by atoms with Gasteiger partial charge >= 0.3 is 0 Å². The van der Waals surface area contributed by atoms with Crippen molar-refractivity contribution in [2.24, 2.45) is 5.92 Å². The molecule has 15 heavy (non-hydrogen) atoms. The van der Waals surface area contributed by atoms with Crippen LogP contribution in [0.3, 0.4) is 0 Å². The van der Waals surface area contributed by atoms with E-state index in [0.717, 1.165) is 17.5 Å². The summed E-state index contributed by atoms with van der Waals surface area (Å²) in [6.45, 7) is 4.33. The van der Waals surface area contributed by atoms with Gasteiger partial charge in [-0.05, 0) is 24.0 Å². The molecule has 0 saturated heterocycles. The van der Waals surface area contributed by atoms with Gasteiger partial charge < -0.3 is 4.90 Å². The molecule has 1 amide bonds. The maximum Gasteiger partial charge on any atom is 0.253 e. The summed E-state index contributed by atoms with van der Waals surface area (Å²) in [6.07, 6.45) is 0.954. The lowest BCUT2D eigenvalue weighted by Crippen LogP contribution is -2.23. The number of benzene rings is 1. The molecule has 0 heterocycles. The predicted octanol–water partition coefficient (Wildman–Crippen LogP) is 2.59. The lowest BCUT2D eigenvalue weighted by Gasteiger charge is -2.15. The Bertz CT molecular complexity index is 342. The van der Waals surface area contributed by atoms with Crippen LogP contribution in [-0.2, 0) is 6.42 Å². The summed E-state index contributed by atoms with van der Waals surface area (Å²) in [5.74, 6) is 0.660. The van der Waals surface area contributed by atoms with Crippen LogP contribution >= 0.6 is 0 Å². The molecule has 1 rings (SSSR count). The zero-order chi connectivity index (χ0) is 11.4. The van der Waals surface area contributed by atoms with E-state index in [1.165, 1.54) is 0 Å². The molecule has 0 aromatic heterocycles. The summed E-state index contributed by atoms with van der Waals surface area (Å²) in [4.78, 5) is 13.5. The molecular weight excluding hydrogens is 186 g/mol. The van der Waals surface area contributed by atoms with Crippen LogP contribution in [0.5, 0.6) is 0 Å². The smallest absolute Gasteiger partial charge is 0.253 e. The zero-order valence-corrected chi connectivity index (χ0v) is 9.95. The van der Waals surface area contributed by atoms with Gasteiger partial charge in [0.2, 0.25) is 0 Å². The van der Waals surface area contributed by atoms with Crippen molar-refractivity contribution in [3.63, 3.8) is 0 Å². The van der Waals surface area contributed by atoms with Gasteiger partial charge in [0.15, 0.2) is 0 Å². The van der Waals surface area contributed by atoms with Crippen molar-refractivity contribution in [1.29, 1.82) is 0 Å². The Morgan fingerprint density at radius 3 is 2.40 bits per heavy atom. The monoisotopic (exact) mass is 205 g/mol. The maximum atomic E-state index is 11.9. The highest BCUT2D eigenvalue weighted by atomic mass is 16.2. The summed E-state index contributed by atoms with van der Waals surface area (Å²) in [6, 6.07) is 7.85. The Balaban J connectivity index is 3.01. The molecule has 1 aromatic rings. The molecule has 0 bridgehead atoms. The van der Waals surface area contributed by atoms with Crippen LogP contribution in [0.15, 0.2) is 24.3 Å². The molecule has 0 saturated carbocycles. The molecule has 0 spiro atoms. The third kappa shape index (κ3) is 3.08. The molecule has 0 aliphatic rings. The quantitative estimate of drug-likeness (QED) is 0.742. The fourth-order valence-electron chi connectivity index (χ4n) is 1.59. The van der Waals surface area contributed by atoms with Crippen LogP contribution in [0.1, 0.15) is 29.8 Å². The second kappa shape index (κ2) is 4.96. The van der Waals surface area contributed by atoms with Crippen molar-refractivity contribution in [3.05, 3.63) is 35.4 Å². The average molecular weight is 205 g/mol. The Morgan fingerprint density at radius 1 is 1.27 bits per heavy atom. The summed E-state index contributed by atoms with van der Waals surface area (Å²) in [5.41, 5.74) is 1.97. The summed E-state index contributed by atoms with van der Waals surface area (Å²) in [7, 11) is 3.57. The van der Waals surface area contributed by atoms with Gasteiger partial charge in [-0.3, -0.25) is 4.79 Å². The largest absolute Gasteiger partial charge is 0.345 e. The standard InChI is InChI=1S/C13H19NO/c1-10(2)9-11-7-5-6-8-12(11)13(15)14(3)4/h5-8,10H,9H2,1-4H3. The van der Waals surface area contributed by atoms with Crippen molar-refractivity contribution < 1.29 is 4.79 Å². The van der Waals surface area contributed by atoms with Crippen LogP contribution in [0.2, 0.25) is 0 Å². The van der Waals surface area contributed by atoms with E-state index in [1.54, 1.807) is 19.0 Å².